The molecule has 0 amide bonds. The van der Waals surface area contributed by atoms with E-state index in [0.717, 1.165) is 0 Å². The van der Waals surface area contributed by atoms with E-state index >= 15 is 0 Å². The molecule has 1 unspecified atom stereocenters. The summed E-state index contributed by atoms with van der Waals surface area (Å²) < 4.78 is 31.9. The van der Waals surface area contributed by atoms with Gasteiger partial charge in [0.15, 0.2) is 0 Å². The molecule has 0 aliphatic rings. The highest BCUT2D eigenvalue weighted by Crippen LogP contribution is 2.21. The van der Waals surface area contributed by atoms with Crippen molar-refractivity contribution in [3.63, 3.8) is 0 Å². The van der Waals surface area contributed by atoms with E-state index in [1.165, 1.54) is 12.1 Å². The van der Waals surface area contributed by atoms with Crippen LogP contribution in [0.25, 0.3) is 0 Å². The minimum absolute atomic E-state index is 0.0217. The zero-order valence-electron chi connectivity index (χ0n) is 8.89. The maximum atomic E-state index is 13.4. The van der Waals surface area contributed by atoms with Gasteiger partial charge in [0.05, 0.1) is 6.61 Å². The van der Waals surface area contributed by atoms with Crippen molar-refractivity contribution >= 4 is 0 Å². The van der Waals surface area contributed by atoms with E-state index in [1.54, 1.807) is 13.8 Å². The average Bonchev–Trinajstić information content (AvgIpc) is 2.11. The highest BCUT2D eigenvalue weighted by Gasteiger charge is 2.13. The quantitative estimate of drug-likeness (QED) is 0.836. The maximum absolute atomic E-state index is 13.4. The van der Waals surface area contributed by atoms with E-state index in [9.17, 15) is 8.78 Å². The van der Waals surface area contributed by atoms with Gasteiger partial charge in [-0.15, -0.1) is 0 Å². The van der Waals surface area contributed by atoms with Gasteiger partial charge in [-0.1, -0.05) is 0 Å². The zero-order valence-corrected chi connectivity index (χ0v) is 8.89. The van der Waals surface area contributed by atoms with Gasteiger partial charge < -0.3 is 10.5 Å². The molecule has 0 radical (unpaired) electrons. The van der Waals surface area contributed by atoms with Crippen LogP contribution in [0.5, 0.6) is 5.75 Å². The number of halogens is 2. The zero-order chi connectivity index (χ0) is 11.4. The molecule has 0 bridgehead atoms. The Morgan fingerprint density at radius 3 is 2.27 bits per heavy atom. The molecule has 2 nitrogen and oxygen atoms in total. The first-order valence-electron chi connectivity index (χ1n) is 4.91. The van der Waals surface area contributed by atoms with E-state index < -0.39 is 11.6 Å². The average molecular weight is 215 g/mol. The molecule has 0 saturated heterocycles. The number of benzene rings is 1. The molecular formula is C11H15F2NO. The lowest BCUT2D eigenvalue weighted by atomic mass is 10.1. The van der Waals surface area contributed by atoms with Gasteiger partial charge in [0.25, 0.3) is 0 Å². The molecule has 0 heterocycles. The highest BCUT2D eigenvalue weighted by molar-refractivity contribution is 5.31. The van der Waals surface area contributed by atoms with Crippen molar-refractivity contribution in [2.45, 2.75) is 26.3 Å². The molecule has 0 aliphatic heterocycles. The number of ether oxygens (including phenoxy) is 1. The van der Waals surface area contributed by atoms with Crippen molar-refractivity contribution in [2.75, 3.05) is 6.61 Å². The molecule has 0 aliphatic carbocycles. The molecule has 0 aromatic heterocycles. The SMILES string of the molecule is CCOc1cc(F)c(CC(C)N)c(F)c1. The van der Waals surface area contributed by atoms with Crippen LogP contribution in [0.4, 0.5) is 8.78 Å². The Labute approximate surface area is 88.0 Å². The molecule has 1 atom stereocenters. The highest BCUT2D eigenvalue weighted by atomic mass is 19.1. The van der Waals surface area contributed by atoms with Crippen LogP contribution in [0.2, 0.25) is 0 Å². The van der Waals surface area contributed by atoms with Crippen molar-refractivity contribution in [2.24, 2.45) is 5.73 Å². The van der Waals surface area contributed by atoms with Crippen molar-refractivity contribution in [1.29, 1.82) is 0 Å². The van der Waals surface area contributed by atoms with Crippen LogP contribution < -0.4 is 10.5 Å². The van der Waals surface area contributed by atoms with Crippen LogP contribution in [0.15, 0.2) is 12.1 Å². The monoisotopic (exact) mass is 215 g/mol. The predicted molar refractivity (Wildman–Crippen MR) is 54.9 cm³/mol. The number of nitrogens with two attached hydrogens (primary N) is 1. The predicted octanol–water partition coefficient (Wildman–Crippen LogP) is 2.25. The van der Waals surface area contributed by atoms with Crippen LogP contribution >= 0.6 is 0 Å². The Hall–Kier alpha value is -1.16. The number of hydrogen-bond acceptors (Lipinski definition) is 2. The molecule has 1 rings (SSSR count). The third-order valence-corrected chi connectivity index (χ3v) is 1.95. The fraction of sp³-hybridized carbons (Fsp3) is 0.455. The third kappa shape index (κ3) is 3.16. The van der Waals surface area contributed by atoms with E-state index in [0.29, 0.717) is 6.61 Å². The van der Waals surface area contributed by atoms with Gasteiger partial charge in [0.2, 0.25) is 0 Å². The number of hydrogen-bond donors (Lipinski definition) is 1. The van der Waals surface area contributed by atoms with Crippen LogP contribution in [-0.4, -0.2) is 12.6 Å². The third-order valence-electron chi connectivity index (χ3n) is 1.95. The minimum Gasteiger partial charge on any atom is -0.494 e. The lowest BCUT2D eigenvalue weighted by Gasteiger charge is -2.10. The smallest absolute Gasteiger partial charge is 0.133 e. The van der Waals surface area contributed by atoms with Gasteiger partial charge in [-0.2, -0.15) is 0 Å². The first-order chi connectivity index (χ1) is 7.04. The van der Waals surface area contributed by atoms with Gasteiger partial charge in [-0.05, 0) is 20.3 Å². The molecule has 0 saturated carbocycles. The van der Waals surface area contributed by atoms with Gasteiger partial charge in [0.1, 0.15) is 17.4 Å². The Morgan fingerprint density at radius 2 is 1.87 bits per heavy atom. The second-order valence-corrected chi connectivity index (χ2v) is 3.48. The maximum Gasteiger partial charge on any atom is 0.133 e. The van der Waals surface area contributed by atoms with E-state index in [4.69, 9.17) is 10.5 Å². The van der Waals surface area contributed by atoms with Crippen molar-refractivity contribution in [3.8, 4) is 5.75 Å². The molecule has 1 aromatic carbocycles. The Balaban J connectivity index is 2.98. The summed E-state index contributed by atoms with van der Waals surface area (Å²) in [6.45, 7) is 3.84. The summed E-state index contributed by atoms with van der Waals surface area (Å²) in [6.07, 6.45) is 0.185. The van der Waals surface area contributed by atoms with Crippen LogP contribution in [0.3, 0.4) is 0 Å². The summed E-state index contributed by atoms with van der Waals surface area (Å²) in [7, 11) is 0. The first kappa shape index (κ1) is 11.9. The van der Waals surface area contributed by atoms with Crippen molar-refractivity contribution in [1.82, 2.24) is 0 Å². The standard InChI is InChI=1S/C11H15F2NO/c1-3-15-8-5-10(12)9(4-7(2)14)11(13)6-8/h5-7H,3-4,14H2,1-2H3. The fourth-order valence-corrected chi connectivity index (χ4v) is 1.35. The van der Waals surface area contributed by atoms with Crippen LogP contribution in [0.1, 0.15) is 19.4 Å². The second-order valence-electron chi connectivity index (χ2n) is 3.48. The summed E-state index contributed by atoms with van der Waals surface area (Å²) in [6, 6.07) is 2.10. The van der Waals surface area contributed by atoms with Crippen LogP contribution in [-0.2, 0) is 6.42 Å². The molecule has 1 aromatic rings. The number of rotatable bonds is 4. The summed E-state index contributed by atoms with van der Waals surface area (Å²) in [5.41, 5.74) is 5.52. The van der Waals surface area contributed by atoms with Crippen molar-refractivity contribution in [3.05, 3.63) is 29.3 Å². The topological polar surface area (TPSA) is 35.2 Å². The summed E-state index contributed by atoms with van der Waals surface area (Å²) in [4.78, 5) is 0. The first-order valence-corrected chi connectivity index (χ1v) is 4.91. The van der Waals surface area contributed by atoms with Gasteiger partial charge in [0, 0.05) is 23.7 Å². The van der Waals surface area contributed by atoms with Gasteiger partial charge in [-0.25, -0.2) is 8.78 Å². The van der Waals surface area contributed by atoms with Gasteiger partial charge in [-0.3, -0.25) is 0 Å². The normalized spacial score (nSPS) is 12.6. The molecule has 4 heteroatoms. The second kappa shape index (κ2) is 5.07. The molecular weight excluding hydrogens is 200 g/mol. The Morgan fingerprint density at radius 1 is 1.33 bits per heavy atom. The van der Waals surface area contributed by atoms with E-state index in [-0.39, 0.29) is 23.8 Å². The molecule has 2 N–H and O–H groups in total. The Kier molecular flexibility index (Phi) is 4.03. The van der Waals surface area contributed by atoms with Gasteiger partial charge >= 0.3 is 0 Å². The van der Waals surface area contributed by atoms with Crippen molar-refractivity contribution < 1.29 is 13.5 Å². The summed E-state index contributed by atoms with van der Waals surface area (Å²) in [5, 5.41) is 0. The van der Waals surface area contributed by atoms with Crippen LogP contribution in [0, 0.1) is 11.6 Å². The fourth-order valence-electron chi connectivity index (χ4n) is 1.35. The summed E-state index contributed by atoms with van der Waals surface area (Å²) in [5.74, 6) is -0.993. The summed E-state index contributed by atoms with van der Waals surface area (Å²) >= 11 is 0. The molecule has 0 spiro atoms. The molecule has 0 fully saturated rings. The molecule has 84 valence electrons. The molecule has 15 heavy (non-hydrogen) atoms. The minimum atomic E-state index is -0.601. The Bertz CT molecular complexity index is 316. The van der Waals surface area contributed by atoms with E-state index in [2.05, 4.69) is 0 Å². The lowest BCUT2D eigenvalue weighted by molar-refractivity contribution is 0.335. The lowest BCUT2D eigenvalue weighted by Crippen LogP contribution is -2.19. The largest absolute Gasteiger partial charge is 0.494 e. The van der Waals surface area contributed by atoms with E-state index in [1.807, 2.05) is 0 Å².